The molecule has 0 heterocycles. The number of primary amides is 1. The average molecular weight is 577 g/mol. The van der Waals surface area contributed by atoms with Gasteiger partial charge in [0, 0.05) is 75.4 Å². The van der Waals surface area contributed by atoms with Gasteiger partial charge in [-0.25, -0.2) is 0 Å². The van der Waals surface area contributed by atoms with Gasteiger partial charge in [-0.05, 0) is 6.42 Å². The van der Waals surface area contributed by atoms with Gasteiger partial charge in [0.25, 0.3) is 0 Å². The van der Waals surface area contributed by atoms with Crippen molar-refractivity contribution in [2.24, 2.45) is 17.4 Å². The molecule has 0 aliphatic rings. The molecule has 3 atom stereocenters. The minimum atomic E-state index is -0.868. The Morgan fingerprint density at radius 3 is 2.15 bits per heavy atom. The summed E-state index contributed by atoms with van der Waals surface area (Å²) in [5, 5.41) is 9.61. The van der Waals surface area contributed by atoms with E-state index in [2.05, 4.69) is 0 Å². The number of amides is 1. The Bertz CT molecular complexity index is 793. The fourth-order valence-electron chi connectivity index (χ4n) is 3.17. The highest BCUT2D eigenvalue weighted by Gasteiger charge is 2.24. The zero-order valence-electron chi connectivity index (χ0n) is 23.0. The first-order valence-corrected chi connectivity index (χ1v) is 14.4. The number of hydrogen-bond acceptors (Lipinski definition) is 12. The van der Waals surface area contributed by atoms with Crippen LogP contribution < -0.4 is 11.5 Å². The van der Waals surface area contributed by atoms with Crippen LogP contribution >= 0.6 is 11.8 Å². The summed E-state index contributed by atoms with van der Waals surface area (Å²) >= 11 is 1.31. The fraction of sp³-hybridized carbons (Fsp3) is 0.769. The maximum Gasteiger partial charge on any atom is 0.305 e. The number of carbonyl (C=O) groups is 6. The Labute approximate surface area is 234 Å². The van der Waals surface area contributed by atoms with Crippen molar-refractivity contribution in [3.8, 4) is 0 Å². The van der Waals surface area contributed by atoms with Crippen LogP contribution in [0.2, 0.25) is 0 Å². The number of nitrogens with two attached hydrogens (primary N) is 2. The summed E-state index contributed by atoms with van der Waals surface area (Å²) in [5.74, 6) is -2.32. The summed E-state index contributed by atoms with van der Waals surface area (Å²) in [5.41, 5.74) is 11.0. The van der Waals surface area contributed by atoms with Crippen molar-refractivity contribution in [3.05, 3.63) is 0 Å². The molecule has 0 aromatic rings. The lowest BCUT2D eigenvalue weighted by molar-refractivity contribution is -0.149. The van der Waals surface area contributed by atoms with Gasteiger partial charge < -0.3 is 30.8 Å². The van der Waals surface area contributed by atoms with Crippen LogP contribution in [0.1, 0.15) is 71.6 Å². The van der Waals surface area contributed by atoms with E-state index in [4.69, 9.17) is 25.7 Å². The van der Waals surface area contributed by atoms with Gasteiger partial charge in [0.05, 0.1) is 25.9 Å². The number of carbonyl (C=O) groups excluding carboxylic acids is 6. The van der Waals surface area contributed by atoms with Crippen molar-refractivity contribution in [2.45, 2.75) is 83.8 Å². The number of rotatable bonds is 25. The summed E-state index contributed by atoms with van der Waals surface area (Å²) in [7, 11) is 0. The third kappa shape index (κ3) is 19.4. The van der Waals surface area contributed by atoms with Gasteiger partial charge in [-0.1, -0.05) is 13.8 Å². The normalized spacial score (nSPS) is 13.2. The molecule has 12 nitrogen and oxygen atoms in total. The first kappa shape index (κ1) is 36.6. The largest absolute Gasteiger partial charge is 0.466 e. The first-order chi connectivity index (χ1) is 18.5. The van der Waals surface area contributed by atoms with Gasteiger partial charge in [0.2, 0.25) is 5.91 Å². The van der Waals surface area contributed by atoms with Crippen LogP contribution in [-0.4, -0.2) is 90.4 Å². The average Bonchev–Trinajstić information content (AvgIpc) is 2.91. The Balaban J connectivity index is 4.37. The molecule has 39 heavy (non-hydrogen) atoms. The summed E-state index contributed by atoms with van der Waals surface area (Å²) in [6, 6.07) is -0.868. The Kier molecular flexibility index (Phi) is 21.1. The van der Waals surface area contributed by atoms with Crippen LogP contribution in [0.15, 0.2) is 0 Å². The summed E-state index contributed by atoms with van der Waals surface area (Å²) in [6.07, 6.45) is 0.787. The van der Waals surface area contributed by atoms with E-state index in [-0.39, 0.29) is 99.8 Å². The number of ketones is 3. The standard InChI is InChI=1S/C26H44N2O10S/c1-3-25(34)37-13-10-20(38-26(35)4-2)16-39-17-21(27)23(32)14-18(15-29)22(31)6-5-11-36-12-9-19(30)7-8-24(28)33/h18,20-21,29H,3-17,27H2,1-2H3,(H2,28,33). The van der Waals surface area contributed by atoms with E-state index in [0.717, 1.165) is 0 Å². The lowest BCUT2D eigenvalue weighted by Crippen LogP contribution is -2.36. The van der Waals surface area contributed by atoms with Crippen molar-refractivity contribution < 1.29 is 48.1 Å². The molecule has 5 N–H and O–H groups in total. The molecule has 0 rings (SSSR count). The molecule has 0 bridgehead atoms. The second kappa shape index (κ2) is 22.5. The lowest BCUT2D eigenvalue weighted by atomic mass is 9.93. The molecular weight excluding hydrogens is 532 g/mol. The fourth-order valence-corrected chi connectivity index (χ4v) is 4.25. The highest BCUT2D eigenvalue weighted by Crippen LogP contribution is 2.15. The Morgan fingerprint density at radius 1 is 0.846 bits per heavy atom. The minimum Gasteiger partial charge on any atom is -0.466 e. The number of hydrogen-bond donors (Lipinski definition) is 3. The molecule has 0 aromatic carbocycles. The lowest BCUT2D eigenvalue weighted by Gasteiger charge is -2.19. The van der Waals surface area contributed by atoms with E-state index in [9.17, 15) is 33.9 Å². The summed E-state index contributed by atoms with van der Waals surface area (Å²) in [4.78, 5) is 70.2. The van der Waals surface area contributed by atoms with E-state index < -0.39 is 30.6 Å². The van der Waals surface area contributed by atoms with E-state index in [1.54, 1.807) is 13.8 Å². The third-order valence-electron chi connectivity index (χ3n) is 5.60. The smallest absolute Gasteiger partial charge is 0.305 e. The number of Topliss-reactive ketones (excluding diaryl/α,β-unsaturated/α-hetero) is 3. The molecule has 0 aromatic heterocycles. The SMILES string of the molecule is CCC(=O)OCCC(CSCC(N)C(=O)CC(CO)C(=O)CCCOCCC(=O)CCC(N)=O)OC(=O)CC. The molecule has 0 radical (unpaired) electrons. The number of thioether (sulfide) groups is 1. The van der Waals surface area contributed by atoms with Crippen molar-refractivity contribution in [3.63, 3.8) is 0 Å². The van der Waals surface area contributed by atoms with E-state index in [1.807, 2.05) is 0 Å². The molecule has 0 saturated carbocycles. The van der Waals surface area contributed by atoms with Crippen LogP contribution in [0.3, 0.4) is 0 Å². The zero-order chi connectivity index (χ0) is 29.6. The second-order valence-electron chi connectivity index (χ2n) is 8.96. The maximum atomic E-state index is 12.5. The molecule has 3 unspecified atom stereocenters. The summed E-state index contributed by atoms with van der Waals surface area (Å²) in [6.45, 7) is 3.38. The van der Waals surface area contributed by atoms with Crippen molar-refractivity contribution in [1.82, 2.24) is 0 Å². The quantitative estimate of drug-likeness (QED) is 0.102. The Morgan fingerprint density at radius 2 is 1.54 bits per heavy atom. The zero-order valence-corrected chi connectivity index (χ0v) is 23.8. The van der Waals surface area contributed by atoms with Crippen molar-refractivity contribution in [1.29, 1.82) is 0 Å². The molecule has 0 aliphatic heterocycles. The number of esters is 2. The molecular formula is C26H44N2O10S. The molecule has 0 fully saturated rings. The number of ether oxygens (including phenoxy) is 3. The minimum absolute atomic E-state index is 0.00355. The second-order valence-corrected chi connectivity index (χ2v) is 10.0. The van der Waals surface area contributed by atoms with Crippen LogP contribution in [0, 0.1) is 5.92 Å². The van der Waals surface area contributed by atoms with Crippen LogP contribution in [0.4, 0.5) is 0 Å². The summed E-state index contributed by atoms with van der Waals surface area (Å²) < 4.78 is 15.7. The predicted octanol–water partition coefficient (Wildman–Crippen LogP) is 0.870. The van der Waals surface area contributed by atoms with Gasteiger partial charge >= 0.3 is 11.9 Å². The Hall–Kier alpha value is -2.35. The molecule has 0 aliphatic carbocycles. The topological polar surface area (TPSA) is 202 Å². The van der Waals surface area contributed by atoms with Gasteiger partial charge in [-0.2, -0.15) is 11.8 Å². The first-order valence-electron chi connectivity index (χ1n) is 13.3. The van der Waals surface area contributed by atoms with Gasteiger partial charge in [0.1, 0.15) is 17.7 Å². The third-order valence-corrected chi connectivity index (χ3v) is 6.81. The van der Waals surface area contributed by atoms with E-state index in [0.29, 0.717) is 18.6 Å². The van der Waals surface area contributed by atoms with Crippen molar-refractivity contribution >= 4 is 47.0 Å². The molecule has 1 amide bonds. The molecule has 13 heteroatoms. The molecule has 0 saturated heterocycles. The van der Waals surface area contributed by atoms with Gasteiger partial charge in [-0.15, -0.1) is 0 Å². The van der Waals surface area contributed by atoms with Crippen LogP contribution in [0.5, 0.6) is 0 Å². The van der Waals surface area contributed by atoms with Crippen LogP contribution in [0.25, 0.3) is 0 Å². The van der Waals surface area contributed by atoms with Gasteiger partial charge in [-0.3, -0.25) is 28.8 Å². The maximum absolute atomic E-state index is 12.5. The van der Waals surface area contributed by atoms with Gasteiger partial charge in [0.15, 0.2) is 5.78 Å². The molecule has 0 spiro atoms. The highest BCUT2D eigenvalue weighted by atomic mass is 32.2. The predicted molar refractivity (Wildman–Crippen MR) is 145 cm³/mol. The van der Waals surface area contributed by atoms with Crippen LogP contribution in [-0.2, 0) is 43.0 Å². The number of aliphatic hydroxyl groups excluding tert-OH is 1. The highest BCUT2D eigenvalue weighted by molar-refractivity contribution is 7.99. The van der Waals surface area contributed by atoms with Crippen molar-refractivity contribution in [2.75, 3.05) is 37.9 Å². The van der Waals surface area contributed by atoms with E-state index >= 15 is 0 Å². The van der Waals surface area contributed by atoms with E-state index in [1.165, 1.54) is 11.8 Å². The molecule has 224 valence electrons. The number of aliphatic hydroxyl groups is 1. The monoisotopic (exact) mass is 576 g/mol.